The van der Waals surface area contributed by atoms with E-state index in [0.717, 1.165) is 32.1 Å². The highest BCUT2D eigenvalue weighted by molar-refractivity contribution is 7.47. The second kappa shape index (κ2) is 57.3. The average Bonchev–Trinajstić information content (AvgIpc) is 3.35. The monoisotopic (exact) mass is 1010 g/mol. The summed E-state index contributed by atoms with van der Waals surface area (Å²) in [4.78, 5) is 35.2. The zero-order valence-corrected chi connectivity index (χ0v) is 47.7. The van der Waals surface area contributed by atoms with Gasteiger partial charge in [-0.2, -0.15) is 0 Å². The van der Waals surface area contributed by atoms with Crippen LogP contribution in [0.2, 0.25) is 0 Å². The maximum absolute atomic E-state index is 12.7. The summed E-state index contributed by atoms with van der Waals surface area (Å²) in [5.74, 6) is -0.800. The Balaban J connectivity index is 3.87. The minimum atomic E-state index is -4.38. The summed E-state index contributed by atoms with van der Waals surface area (Å²) in [6.07, 6.45) is 64.6. The summed E-state index contributed by atoms with van der Waals surface area (Å²) in [5, 5.41) is 0. The smallest absolute Gasteiger partial charge is 0.462 e. The van der Waals surface area contributed by atoms with Crippen LogP contribution in [0.15, 0.2) is 0 Å². The van der Waals surface area contributed by atoms with Crippen molar-refractivity contribution in [2.45, 2.75) is 347 Å². The Morgan fingerprint density at radius 2 is 0.614 bits per heavy atom. The molecule has 0 spiro atoms. The molecular formula is C60H120NO8P. The van der Waals surface area contributed by atoms with Crippen molar-refractivity contribution in [3.8, 4) is 0 Å². The maximum atomic E-state index is 12.7. The molecule has 0 radical (unpaired) electrons. The molecule has 0 amide bonds. The SMILES string of the molecule is CCCCCCCCCCCCCCCCCCCCCCCCCCCCC(=O)OC(COC(=O)CCCCCCCCCCCCCCCCCCCCCCCCC)COP(=O)(O)OCCN. The van der Waals surface area contributed by atoms with Gasteiger partial charge in [-0.15, -0.1) is 0 Å². The lowest BCUT2D eigenvalue weighted by Gasteiger charge is -2.19. The molecule has 0 aromatic carbocycles. The van der Waals surface area contributed by atoms with Gasteiger partial charge < -0.3 is 20.1 Å². The highest BCUT2D eigenvalue weighted by Gasteiger charge is 2.26. The van der Waals surface area contributed by atoms with Crippen molar-refractivity contribution >= 4 is 19.8 Å². The van der Waals surface area contributed by atoms with Crippen LogP contribution in [-0.4, -0.2) is 49.3 Å². The molecule has 9 nitrogen and oxygen atoms in total. The molecule has 0 fully saturated rings. The Morgan fingerprint density at radius 3 is 0.871 bits per heavy atom. The molecule has 0 aliphatic rings. The standard InChI is InChI=1S/C60H120NO8P/c1-3-5-7-9-11-13-15-17-19-21-23-25-27-28-29-31-33-35-37-39-41-43-45-47-49-51-53-60(63)69-58(57-68-70(64,65)67-55-54-61)56-66-59(62)52-50-48-46-44-42-40-38-36-34-32-30-26-24-22-20-18-16-14-12-10-8-6-4-2/h58H,3-57,61H2,1-2H3,(H,64,65). The third-order valence-corrected chi connectivity index (χ3v) is 15.2. The zero-order chi connectivity index (χ0) is 51.0. The van der Waals surface area contributed by atoms with Crippen LogP contribution in [0.25, 0.3) is 0 Å². The lowest BCUT2D eigenvalue weighted by molar-refractivity contribution is -0.161. The van der Waals surface area contributed by atoms with Crippen molar-refractivity contribution in [1.82, 2.24) is 0 Å². The fraction of sp³-hybridized carbons (Fsp3) is 0.967. The Morgan fingerprint density at radius 1 is 0.371 bits per heavy atom. The maximum Gasteiger partial charge on any atom is 0.472 e. The Hall–Kier alpha value is -0.990. The van der Waals surface area contributed by atoms with Crippen molar-refractivity contribution in [3.63, 3.8) is 0 Å². The minimum Gasteiger partial charge on any atom is -0.462 e. The van der Waals surface area contributed by atoms with Gasteiger partial charge in [0.05, 0.1) is 13.2 Å². The summed E-state index contributed by atoms with van der Waals surface area (Å²) in [5.41, 5.74) is 5.39. The van der Waals surface area contributed by atoms with Crippen molar-refractivity contribution in [2.75, 3.05) is 26.4 Å². The number of carbonyl (C=O) groups is 2. The molecule has 0 saturated carbocycles. The van der Waals surface area contributed by atoms with E-state index in [-0.39, 0.29) is 32.1 Å². The number of ether oxygens (including phenoxy) is 2. The van der Waals surface area contributed by atoms with Gasteiger partial charge in [0.2, 0.25) is 0 Å². The number of unbranched alkanes of at least 4 members (excludes halogenated alkanes) is 47. The third kappa shape index (κ3) is 56.3. The number of hydrogen-bond acceptors (Lipinski definition) is 8. The summed E-state index contributed by atoms with van der Waals surface area (Å²) >= 11 is 0. The van der Waals surface area contributed by atoms with Crippen LogP contribution in [0, 0.1) is 0 Å². The van der Waals surface area contributed by atoms with Crippen molar-refractivity contribution < 1.29 is 37.6 Å². The van der Waals surface area contributed by atoms with Gasteiger partial charge >= 0.3 is 19.8 Å². The quantitative estimate of drug-likeness (QED) is 0.0347. The highest BCUT2D eigenvalue weighted by atomic mass is 31.2. The molecule has 418 valence electrons. The number of esters is 2. The summed E-state index contributed by atoms with van der Waals surface area (Å²) in [6.45, 7) is 3.83. The predicted octanol–water partition coefficient (Wildman–Crippen LogP) is 19.5. The van der Waals surface area contributed by atoms with Gasteiger partial charge in [-0.1, -0.05) is 316 Å². The molecular weight excluding hydrogens is 894 g/mol. The van der Waals surface area contributed by atoms with E-state index < -0.39 is 26.5 Å². The summed E-state index contributed by atoms with van der Waals surface area (Å²) < 4.78 is 33.1. The van der Waals surface area contributed by atoms with Gasteiger partial charge in [-0.3, -0.25) is 18.6 Å². The first-order chi connectivity index (χ1) is 34.3. The molecule has 0 heterocycles. The molecule has 0 aliphatic carbocycles. The fourth-order valence-corrected chi connectivity index (χ4v) is 10.4. The Labute approximate surface area is 435 Å². The van der Waals surface area contributed by atoms with Crippen LogP contribution >= 0.6 is 7.82 Å². The molecule has 0 rings (SSSR count). The summed E-state index contributed by atoms with van der Waals surface area (Å²) in [7, 11) is -4.38. The number of nitrogens with two attached hydrogens (primary N) is 1. The number of phosphoric acid groups is 1. The van der Waals surface area contributed by atoms with Gasteiger partial charge in [-0.25, -0.2) is 4.57 Å². The van der Waals surface area contributed by atoms with E-state index in [1.807, 2.05) is 0 Å². The van der Waals surface area contributed by atoms with E-state index in [4.69, 9.17) is 24.3 Å². The average molecular weight is 1010 g/mol. The molecule has 3 N–H and O–H groups in total. The van der Waals surface area contributed by atoms with E-state index in [1.165, 1.54) is 276 Å². The second-order valence-electron chi connectivity index (χ2n) is 21.3. The third-order valence-electron chi connectivity index (χ3n) is 14.2. The molecule has 0 aromatic heterocycles. The first-order valence-corrected chi connectivity index (χ1v) is 32.5. The van der Waals surface area contributed by atoms with Crippen molar-refractivity contribution in [1.29, 1.82) is 0 Å². The number of rotatable bonds is 60. The van der Waals surface area contributed by atoms with Crippen LogP contribution in [0.5, 0.6) is 0 Å². The number of phosphoric ester groups is 1. The Kier molecular flexibility index (Phi) is 56.5. The van der Waals surface area contributed by atoms with Crippen LogP contribution in [-0.2, 0) is 32.7 Å². The normalized spacial score (nSPS) is 12.9. The van der Waals surface area contributed by atoms with E-state index in [0.29, 0.717) is 12.8 Å². The van der Waals surface area contributed by atoms with Gasteiger partial charge in [0.25, 0.3) is 0 Å². The first-order valence-electron chi connectivity index (χ1n) is 31.0. The van der Waals surface area contributed by atoms with Crippen molar-refractivity contribution in [2.24, 2.45) is 5.73 Å². The van der Waals surface area contributed by atoms with Crippen molar-refractivity contribution in [3.05, 3.63) is 0 Å². The van der Waals surface area contributed by atoms with E-state index in [9.17, 15) is 19.0 Å². The molecule has 10 heteroatoms. The van der Waals surface area contributed by atoms with Gasteiger partial charge in [0.1, 0.15) is 6.61 Å². The molecule has 0 bridgehead atoms. The molecule has 2 atom stereocenters. The van der Waals surface area contributed by atoms with E-state index in [1.54, 1.807) is 0 Å². The van der Waals surface area contributed by atoms with Gasteiger partial charge in [0.15, 0.2) is 6.10 Å². The van der Waals surface area contributed by atoms with E-state index in [2.05, 4.69) is 13.8 Å². The van der Waals surface area contributed by atoms with E-state index >= 15 is 0 Å². The second-order valence-corrected chi connectivity index (χ2v) is 22.8. The molecule has 0 aromatic rings. The fourth-order valence-electron chi connectivity index (χ4n) is 9.64. The van der Waals surface area contributed by atoms with Crippen LogP contribution in [0.3, 0.4) is 0 Å². The highest BCUT2D eigenvalue weighted by Crippen LogP contribution is 2.43. The topological polar surface area (TPSA) is 134 Å². The molecule has 2 unspecified atom stereocenters. The van der Waals surface area contributed by atoms with Gasteiger partial charge in [-0.05, 0) is 12.8 Å². The number of carbonyl (C=O) groups excluding carboxylic acids is 2. The zero-order valence-electron chi connectivity index (χ0n) is 46.8. The van der Waals surface area contributed by atoms with Crippen LogP contribution in [0.1, 0.15) is 341 Å². The molecule has 0 saturated heterocycles. The Bertz CT molecular complexity index is 1110. The first kappa shape index (κ1) is 69.0. The number of hydrogen-bond donors (Lipinski definition) is 2. The van der Waals surface area contributed by atoms with Crippen LogP contribution in [0.4, 0.5) is 0 Å². The molecule has 0 aliphatic heterocycles. The van der Waals surface area contributed by atoms with Crippen LogP contribution < -0.4 is 5.73 Å². The largest absolute Gasteiger partial charge is 0.472 e. The lowest BCUT2D eigenvalue weighted by atomic mass is 10.0. The lowest BCUT2D eigenvalue weighted by Crippen LogP contribution is -2.29. The van der Waals surface area contributed by atoms with Gasteiger partial charge in [0, 0.05) is 19.4 Å². The summed E-state index contributed by atoms with van der Waals surface area (Å²) in [6, 6.07) is 0. The minimum absolute atomic E-state index is 0.0587. The molecule has 70 heavy (non-hydrogen) atoms. The predicted molar refractivity (Wildman–Crippen MR) is 298 cm³/mol.